The number of aromatic nitrogens is 2. The van der Waals surface area contributed by atoms with E-state index in [9.17, 15) is 0 Å². The Hall–Kier alpha value is -1.63. The Kier molecular flexibility index (Phi) is 5.71. The number of ether oxygens (including phenoxy) is 2. The molecule has 2 saturated heterocycles. The van der Waals surface area contributed by atoms with Crippen LogP contribution in [0, 0.1) is 0 Å². The van der Waals surface area contributed by atoms with E-state index >= 15 is 0 Å². The molecule has 0 bridgehead atoms. The Morgan fingerprint density at radius 1 is 1.12 bits per heavy atom. The second-order valence-corrected chi connectivity index (χ2v) is 6.00. The van der Waals surface area contributed by atoms with Crippen molar-refractivity contribution in [3.05, 3.63) is 24.3 Å². The first kappa shape index (κ1) is 17.2. The molecule has 2 aliphatic rings. The zero-order chi connectivity index (χ0) is 15.5. The molecule has 1 N–H and O–H groups in total. The van der Waals surface area contributed by atoms with Gasteiger partial charge < -0.3 is 19.7 Å². The van der Waals surface area contributed by atoms with E-state index in [4.69, 9.17) is 19.4 Å². The highest BCUT2D eigenvalue weighted by Crippen LogP contribution is 2.24. The van der Waals surface area contributed by atoms with E-state index in [0.717, 1.165) is 75.0 Å². The van der Waals surface area contributed by atoms with Crippen molar-refractivity contribution in [3.8, 4) is 0 Å². The number of hydrogen-bond acceptors (Lipinski definition) is 6. The summed E-state index contributed by atoms with van der Waals surface area (Å²) in [6.45, 7) is 4.80. The first-order valence-corrected chi connectivity index (χ1v) is 8.35. The van der Waals surface area contributed by atoms with Gasteiger partial charge in [-0.15, -0.1) is 12.4 Å². The molecule has 1 unspecified atom stereocenters. The average molecular weight is 351 g/mol. The highest BCUT2D eigenvalue weighted by atomic mass is 35.5. The number of hydrogen-bond donors (Lipinski definition) is 1. The molecule has 1 aromatic carbocycles. The summed E-state index contributed by atoms with van der Waals surface area (Å²) in [6, 6.07) is 8.15. The molecule has 3 heterocycles. The highest BCUT2D eigenvalue weighted by Gasteiger charge is 2.18. The SMILES string of the molecule is Cl.c1ccc2c(NCC3CCCO3)nc(N3CCOCC3)nc2c1. The molecule has 0 saturated carbocycles. The minimum Gasteiger partial charge on any atom is -0.378 e. The van der Waals surface area contributed by atoms with Gasteiger partial charge in [0.2, 0.25) is 5.95 Å². The van der Waals surface area contributed by atoms with Crippen molar-refractivity contribution in [1.82, 2.24) is 9.97 Å². The Morgan fingerprint density at radius 3 is 2.75 bits per heavy atom. The van der Waals surface area contributed by atoms with E-state index in [1.807, 2.05) is 18.2 Å². The number of nitrogens with zero attached hydrogens (tertiary/aromatic N) is 3. The van der Waals surface area contributed by atoms with Gasteiger partial charge >= 0.3 is 0 Å². The lowest BCUT2D eigenvalue weighted by Gasteiger charge is -2.27. The van der Waals surface area contributed by atoms with Gasteiger partial charge in [0.15, 0.2) is 0 Å². The van der Waals surface area contributed by atoms with Crippen LogP contribution in [0.15, 0.2) is 24.3 Å². The summed E-state index contributed by atoms with van der Waals surface area (Å²) in [7, 11) is 0. The van der Waals surface area contributed by atoms with Crippen molar-refractivity contribution >= 4 is 35.1 Å². The van der Waals surface area contributed by atoms with E-state index in [2.05, 4.69) is 16.3 Å². The van der Waals surface area contributed by atoms with Crippen LogP contribution in [0.5, 0.6) is 0 Å². The van der Waals surface area contributed by atoms with E-state index in [1.54, 1.807) is 0 Å². The molecule has 2 aromatic rings. The van der Waals surface area contributed by atoms with Crippen LogP contribution in [0.25, 0.3) is 10.9 Å². The number of benzene rings is 1. The molecule has 2 fully saturated rings. The molecular weight excluding hydrogens is 328 g/mol. The van der Waals surface area contributed by atoms with Crippen LogP contribution < -0.4 is 10.2 Å². The van der Waals surface area contributed by atoms with Crippen molar-refractivity contribution in [2.45, 2.75) is 18.9 Å². The van der Waals surface area contributed by atoms with Gasteiger partial charge in [-0.1, -0.05) is 12.1 Å². The molecule has 2 aliphatic heterocycles. The normalized spacial score (nSPS) is 20.8. The van der Waals surface area contributed by atoms with Crippen molar-refractivity contribution < 1.29 is 9.47 Å². The second-order valence-electron chi connectivity index (χ2n) is 6.00. The average Bonchev–Trinajstić information content (AvgIpc) is 3.14. The number of morpholine rings is 1. The van der Waals surface area contributed by atoms with Crippen LogP contribution in [-0.4, -0.2) is 55.5 Å². The van der Waals surface area contributed by atoms with Crippen LogP contribution >= 0.6 is 12.4 Å². The molecular formula is C17H23ClN4O2. The lowest BCUT2D eigenvalue weighted by atomic mass is 10.2. The number of fused-ring (bicyclic) bond motifs is 1. The molecule has 1 atom stereocenters. The molecule has 0 amide bonds. The number of anilines is 2. The molecule has 0 spiro atoms. The third-order valence-corrected chi connectivity index (χ3v) is 4.41. The molecule has 24 heavy (non-hydrogen) atoms. The summed E-state index contributed by atoms with van der Waals surface area (Å²) in [6.07, 6.45) is 2.55. The fraction of sp³-hybridized carbons (Fsp3) is 0.529. The molecule has 1 aromatic heterocycles. The lowest BCUT2D eigenvalue weighted by Crippen LogP contribution is -2.37. The number of halogens is 1. The smallest absolute Gasteiger partial charge is 0.228 e. The third kappa shape index (κ3) is 3.71. The van der Waals surface area contributed by atoms with Crippen molar-refractivity contribution in [2.75, 3.05) is 49.7 Å². The van der Waals surface area contributed by atoms with Crippen LogP contribution in [0.2, 0.25) is 0 Å². The van der Waals surface area contributed by atoms with Gasteiger partial charge in [-0.2, -0.15) is 4.98 Å². The highest BCUT2D eigenvalue weighted by molar-refractivity contribution is 5.90. The summed E-state index contributed by atoms with van der Waals surface area (Å²) in [5.41, 5.74) is 0.971. The largest absolute Gasteiger partial charge is 0.378 e. The van der Waals surface area contributed by atoms with Crippen LogP contribution in [0.4, 0.5) is 11.8 Å². The van der Waals surface area contributed by atoms with Gasteiger partial charge in [-0.05, 0) is 25.0 Å². The predicted octanol–water partition coefficient (Wildman–Crippen LogP) is 2.48. The minimum absolute atomic E-state index is 0. The van der Waals surface area contributed by atoms with Gasteiger partial charge in [0, 0.05) is 31.6 Å². The second kappa shape index (κ2) is 7.96. The van der Waals surface area contributed by atoms with E-state index in [0.29, 0.717) is 0 Å². The van der Waals surface area contributed by atoms with Gasteiger partial charge in [0.05, 0.1) is 24.8 Å². The van der Waals surface area contributed by atoms with E-state index in [-0.39, 0.29) is 18.5 Å². The molecule has 6 nitrogen and oxygen atoms in total. The van der Waals surface area contributed by atoms with Crippen LogP contribution in [0.1, 0.15) is 12.8 Å². The van der Waals surface area contributed by atoms with Crippen LogP contribution in [0.3, 0.4) is 0 Å². The maximum atomic E-state index is 5.70. The molecule has 0 aliphatic carbocycles. The van der Waals surface area contributed by atoms with Gasteiger partial charge in [0.1, 0.15) is 5.82 Å². The number of nitrogens with one attached hydrogen (secondary N) is 1. The number of para-hydroxylation sites is 1. The standard InChI is InChI=1S/C17H22N4O2.ClH/c1-2-6-15-14(5-1)16(18-12-13-4-3-9-23-13)20-17(19-15)21-7-10-22-11-8-21;/h1-2,5-6,13H,3-4,7-12H2,(H,18,19,20);1H. The van der Waals surface area contributed by atoms with Crippen molar-refractivity contribution in [1.29, 1.82) is 0 Å². The maximum absolute atomic E-state index is 5.70. The van der Waals surface area contributed by atoms with Crippen molar-refractivity contribution in [2.24, 2.45) is 0 Å². The zero-order valence-corrected chi connectivity index (χ0v) is 14.4. The van der Waals surface area contributed by atoms with Crippen molar-refractivity contribution in [3.63, 3.8) is 0 Å². The Morgan fingerprint density at radius 2 is 1.96 bits per heavy atom. The minimum atomic E-state index is 0. The maximum Gasteiger partial charge on any atom is 0.228 e. The van der Waals surface area contributed by atoms with Gasteiger partial charge in [0.25, 0.3) is 0 Å². The Balaban J connectivity index is 0.00000169. The fourth-order valence-electron chi connectivity index (χ4n) is 3.12. The topological polar surface area (TPSA) is 59.5 Å². The van der Waals surface area contributed by atoms with Gasteiger partial charge in [-0.3, -0.25) is 0 Å². The first-order valence-electron chi connectivity index (χ1n) is 8.35. The molecule has 4 rings (SSSR count). The molecule has 7 heteroatoms. The van der Waals surface area contributed by atoms with E-state index < -0.39 is 0 Å². The summed E-state index contributed by atoms with van der Waals surface area (Å²) in [5.74, 6) is 1.68. The predicted molar refractivity (Wildman–Crippen MR) is 97.3 cm³/mol. The summed E-state index contributed by atoms with van der Waals surface area (Å²) in [5, 5.41) is 4.53. The quantitative estimate of drug-likeness (QED) is 0.914. The fourth-order valence-corrected chi connectivity index (χ4v) is 3.12. The van der Waals surface area contributed by atoms with Crippen LogP contribution in [-0.2, 0) is 9.47 Å². The van der Waals surface area contributed by atoms with E-state index in [1.165, 1.54) is 0 Å². The Bertz CT molecular complexity index is 673. The molecule has 130 valence electrons. The zero-order valence-electron chi connectivity index (χ0n) is 13.6. The summed E-state index contributed by atoms with van der Waals surface area (Å²) in [4.78, 5) is 11.7. The summed E-state index contributed by atoms with van der Waals surface area (Å²) >= 11 is 0. The first-order chi connectivity index (χ1) is 11.4. The Labute approximate surface area is 148 Å². The molecule has 0 radical (unpaired) electrons. The lowest BCUT2D eigenvalue weighted by molar-refractivity contribution is 0.120. The monoisotopic (exact) mass is 350 g/mol. The third-order valence-electron chi connectivity index (χ3n) is 4.41. The van der Waals surface area contributed by atoms with Gasteiger partial charge in [-0.25, -0.2) is 4.98 Å². The number of rotatable bonds is 4. The summed E-state index contributed by atoms with van der Waals surface area (Å²) < 4.78 is 11.1.